The van der Waals surface area contributed by atoms with Gasteiger partial charge in [0.15, 0.2) is 17.1 Å². The van der Waals surface area contributed by atoms with Gasteiger partial charge in [-0.05, 0) is 68.7 Å². The molecule has 0 bridgehead atoms. The first kappa shape index (κ1) is 21.2. The third-order valence-electron chi connectivity index (χ3n) is 5.71. The fourth-order valence-corrected chi connectivity index (χ4v) is 4.14. The Morgan fingerprint density at radius 3 is 2.81 bits per heavy atom. The molecule has 164 valence electrons. The quantitative estimate of drug-likeness (QED) is 0.600. The van der Waals surface area contributed by atoms with Crippen molar-refractivity contribution in [2.45, 2.75) is 46.5 Å². The van der Waals surface area contributed by atoms with Crippen LogP contribution >= 0.6 is 0 Å². The van der Waals surface area contributed by atoms with E-state index in [-0.39, 0.29) is 5.91 Å². The second kappa shape index (κ2) is 9.37. The van der Waals surface area contributed by atoms with E-state index in [2.05, 4.69) is 22.3 Å². The fourth-order valence-electron chi connectivity index (χ4n) is 4.14. The Balaban J connectivity index is 1.43. The maximum absolute atomic E-state index is 12.8. The number of nitrogens with zero attached hydrogens (tertiary/aromatic N) is 3. The maximum Gasteiger partial charge on any atom is 0.256 e. The summed E-state index contributed by atoms with van der Waals surface area (Å²) in [5.74, 6) is 1.99. The summed E-state index contributed by atoms with van der Waals surface area (Å²) in [5.41, 5.74) is 4.64. The number of hydrogen-bond donors (Lipinski definition) is 1. The van der Waals surface area contributed by atoms with E-state index in [0.717, 1.165) is 36.3 Å². The molecule has 1 N–H and O–H groups in total. The number of aromatic nitrogens is 3. The highest BCUT2D eigenvalue weighted by atomic mass is 16.5. The molecule has 1 aromatic carbocycles. The Kier molecular flexibility index (Phi) is 6.39. The van der Waals surface area contributed by atoms with Crippen LogP contribution in [0, 0.1) is 5.92 Å². The Hall–Kier alpha value is -3.09. The number of rotatable bonds is 8. The Morgan fingerprint density at radius 2 is 2.00 bits per heavy atom. The van der Waals surface area contributed by atoms with E-state index in [9.17, 15) is 4.79 Å². The molecule has 31 heavy (non-hydrogen) atoms. The van der Waals surface area contributed by atoms with Crippen molar-refractivity contribution in [3.8, 4) is 11.5 Å². The number of hydrogen-bond acceptors (Lipinski definition) is 5. The molecule has 1 aliphatic rings. The van der Waals surface area contributed by atoms with E-state index in [1.165, 1.54) is 11.3 Å². The van der Waals surface area contributed by atoms with E-state index in [0.29, 0.717) is 43.3 Å². The second-order valence-electron chi connectivity index (χ2n) is 8.02. The van der Waals surface area contributed by atoms with E-state index >= 15 is 0 Å². The molecule has 2 heterocycles. The monoisotopic (exact) mass is 422 g/mol. The molecular formula is C24H30N4O3. The van der Waals surface area contributed by atoms with Crippen LogP contribution in [-0.2, 0) is 19.3 Å². The van der Waals surface area contributed by atoms with Crippen LogP contribution < -0.4 is 14.8 Å². The predicted molar refractivity (Wildman–Crippen MR) is 119 cm³/mol. The molecule has 3 aromatic rings. The highest BCUT2D eigenvalue weighted by molar-refractivity contribution is 5.99. The number of carbonyl (C=O) groups excluding carboxylic acids is 1. The topological polar surface area (TPSA) is 77.8 Å². The van der Waals surface area contributed by atoms with E-state index in [1.807, 2.05) is 42.8 Å². The van der Waals surface area contributed by atoms with Crippen LogP contribution in [-0.4, -0.2) is 40.3 Å². The number of nitrogens with one attached hydrogen (secondary N) is 1. The van der Waals surface area contributed by atoms with Gasteiger partial charge in [-0.15, -0.1) is 0 Å². The molecule has 1 unspecified atom stereocenters. The minimum atomic E-state index is -0.150. The average molecular weight is 423 g/mol. The third kappa shape index (κ3) is 4.50. The lowest BCUT2D eigenvalue weighted by Gasteiger charge is -2.21. The summed E-state index contributed by atoms with van der Waals surface area (Å²) in [6.07, 6.45) is 7.36. The minimum absolute atomic E-state index is 0.150. The van der Waals surface area contributed by atoms with Crippen molar-refractivity contribution < 1.29 is 14.3 Å². The summed E-state index contributed by atoms with van der Waals surface area (Å²) in [6, 6.07) is 5.90. The number of benzene rings is 1. The molecule has 0 spiro atoms. The molecule has 0 aliphatic heterocycles. The SMILES string of the molecule is CCOc1ccc(CCNC(=O)c2cnn3c4c(cnc23)CC(C)CC4)cc1OCC. The number of fused-ring (bicyclic) bond motifs is 3. The zero-order chi connectivity index (χ0) is 21.8. The number of aryl methyl sites for hydroxylation is 1. The highest BCUT2D eigenvalue weighted by Gasteiger charge is 2.22. The van der Waals surface area contributed by atoms with Crippen molar-refractivity contribution in [2.75, 3.05) is 19.8 Å². The molecule has 1 aliphatic carbocycles. The second-order valence-corrected chi connectivity index (χ2v) is 8.02. The van der Waals surface area contributed by atoms with Gasteiger partial charge >= 0.3 is 0 Å². The first-order valence-corrected chi connectivity index (χ1v) is 11.1. The van der Waals surface area contributed by atoms with Gasteiger partial charge in [-0.1, -0.05) is 13.0 Å². The minimum Gasteiger partial charge on any atom is -0.490 e. The van der Waals surface area contributed by atoms with Crippen molar-refractivity contribution in [1.82, 2.24) is 19.9 Å². The molecule has 0 saturated heterocycles. The van der Waals surface area contributed by atoms with Gasteiger partial charge < -0.3 is 14.8 Å². The van der Waals surface area contributed by atoms with Gasteiger partial charge in [0.2, 0.25) is 0 Å². The van der Waals surface area contributed by atoms with Crippen LogP contribution in [0.25, 0.3) is 5.65 Å². The number of amides is 1. The van der Waals surface area contributed by atoms with Gasteiger partial charge in [-0.25, -0.2) is 9.50 Å². The Bertz CT molecular complexity index is 1080. The standard InChI is InChI=1S/C24H30N4O3/c1-4-30-21-9-7-17(13-22(21)31-5-2)10-11-25-24(29)19-15-27-28-20-8-6-16(3)12-18(20)14-26-23(19)28/h7,9,13-16H,4-6,8,10-12H2,1-3H3,(H,25,29). The molecule has 0 saturated carbocycles. The smallest absolute Gasteiger partial charge is 0.256 e. The molecule has 2 aromatic heterocycles. The van der Waals surface area contributed by atoms with Gasteiger partial charge in [-0.3, -0.25) is 4.79 Å². The molecule has 1 amide bonds. The van der Waals surface area contributed by atoms with Crippen molar-refractivity contribution in [2.24, 2.45) is 5.92 Å². The van der Waals surface area contributed by atoms with Crippen LogP contribution in [0.2, 0.25) is 0 Å². The normalized spacial score (nSPS) is 15.5. The van der Waals surface area contributed by atoms with Crippen LogP contribution in [0.5, 0.6) is 11.5 Å². The zero-order valence-corrected chi connectivity index (χ0v) is 18.5. The van der Waals surface area contributed by atoms with Gasteiger partial charge in [0.25, 0.3) is 5.91 Å². The fraction of sp³-hybridized carbons (Fsp3) is 0.458. The third-order valence-corrected chi connectivity index (χ3v) is 5.71. The van der Waals surface area contributed by atoms with E-state index < -0.39 is 0 Å². The Morgan fingerprint density at radius 1 is 1.19 bits per heavy atom. The molecule has 7 nitrogen and oxygen atoms in total. The summed E-state index contributed by atoms with van der Waals surface area (Å²) in [6.45, 7) is 7.83. The van der Waals surface area contributed by atoms with Crippen molar-refractivity contribution >= 4 is 11.6 Å². The van der Waals surface area contributed by atoms with Crippen LogP contribution in [0.4, 0.5) is 0 Å². The lowest BCUT2D eigenvalue weighted by Crippen LogP contribution is -2.26. The van der Waals surface area contributed by atoms with Gasteiger partial charge in [-0.2, -0.15) is 5.10 Å². The van der Waals surface area contributed by atoms with Gasteiger partial charge in [0.05, 0.1) is 19.4 Å². The van der Waals surface area contributed by atoms with Crippen molar-refractivity contribution in [3.63, 3.8) is 0 Å². The lowest BCUT2D eigenvalue weighted by molar-refractivity contribution is 0.0955. The van der Waals surface area contributed by atoms with Crippen LogP contribution in [0.15, 0.2) is 30.6 Å². The van der Waals surface area contributed by atoms with Crippen LogP contribution in [0.1, 0.15) is 54.4 Å². The van der Waals surface area contributed by atoms with E-state index in [4.69, 9.17) is 9.47 Å². The summed E-state index contributed by atoms with van der Waals surface area (Å²) >= 11 is 0. The Labute approximate surface area is 182 Å². The molecule has 7 heteroatoms. The molecule has 4 rings (SSSR count). The lowest BCUT2D eigenvalue weighted by atomic mass is 9.89. The molecule has 0 fully saturated rings. The van der Waals surface area contributed by atoms with Gasteiger partial charge in [0.1, 0.15) is 5.56 Å². The summed E-state index contributed by atoms with van der Waals surface area (Å²) < 4.78 is 13.1. The van der Waals surface area contributed by atoms with Gasteiger partial charge in [0, 0.05) is 18.4 Å². The van der Waals surface area contributed by atoms with E-state index in [1.54, 1.807) is 6.20 Å². The molecule has 0 radical (unpaired) electrons. The highest BCUT2D eigenvalue weighted by Crippen LogP contribution is 2.29. The zero-order valence-electron chi connectivity index (χ0n) is 18.5. The number of ether oxygens (including phenoxy) is 2. The van der Waals surface area contributed by atoms with Crippen molar-refractivity contribution in [1.29, 1.82) is 0 Å². The predicted octanol–water partition coefficient (Wildman–Crippen LogP) is 3.62. The molecular weight excluding hydrogens is 392 g/mol. The summed E-state index contributed by atoms with van der Waals surface area (Å²) in [7, 11) is 0. The first-order valence-electron chi connectivity index (χ1n) is 11.1. The maximum atomic E-state index is 12.8. The van der Waals surface area contributed by atoms with Crippen molar-refractivity contribution in [3.05, 3.63) is 53.0 Å². The van der Waals surface area contributed by atoms with Crippen LogP contribution in [0.3, 0.4) is 0 Å². The number of carbonyl (C=O) groups is 1. The summed E-state index contributed by atoms with van der Waals surface area (Å²) in [4.78, 5) is 17.3. The largest absolute Gasteiger partial charge is 0.490 e. The average Bonchev–Trinajstić information content (AvgIpc) is 3.20. The molecule has 1 atom stereocenters. The summed E-state index contributed by atoms with van der Waals surface area (Å²) in [5, 5.41) is 7.47. The first-order chi connectivity index (χ1) is 15.1.